The third kappa shape index (κ3) is 4.37. The minimum absolute atomic E-state index is 0.105. The Morgan fingerprint density at radius 3 is 2.44 bits per heavy atom. The fourth-order valence-corrected chi connectivity index (χ4v) is 1.55. The summed E-state index contributed by atoms with van der Waals surface area (Å²) < 4.78 is 0. The van der Waals surface area contributed by atoms with E-state index < -0.39 is 0 Å². The molecule has 1 aromatic carbocycles. The van der Waals surface area contributed by atoms with Crippen LogP contribution in [0.15, 0.2) is 24.3 Å². The quantitative estimate of drug-likeness (QED) is 0.687. The number of hydrogen-bond donors (Lipinski definition) is 3. The lowest BCUT2D eigenvalue weighted by atomic mass is 9.88. The highest BCUT2D eigenvalue weighted by atomic mass is 16.3. The number of carbonyl (C=O) groups excluding carboxylic acids is 1. The molecule has 18 heavy (non-hydrogen) atoms. The first-order valence-electron chi connectivity index (χ1n) is 6.21. The van der Waals surface area contributed by atoms with Gasteiger partial charge in [-0.2, -0.15) is 0 Å². The van der Waals surface area contributed by atoms with E-state index in [0.717, 1.165) is 24.2 Å². The monoisotopic (exact) mass is 250 g/mol. The van der Waals surface area contributed by atoms with E-state index >= 15 is 0 Å². The minimum atomic E-state index is -0.324. The Morgan fingerprint density at radius 2 is 2.00 bits per heavy atom. The van der Waals surface area contributed by atoms with E-state index in [1.54, 1.807) is 0 Å². The van der Waals surface area contributed by atoms with Gasteiger partial charge in [0.2, 0.25) is 5.91 Å². The van der Waals surface area contributed by atoms with Gasteiger partial charge in [-0.25, -0.2) is 0 Å². The van der Waals surface area contributed by atoms with Crippen molar-refractivity contribution in [2.24, 2.45) is 11.1 Å². The summed E-state index contributed by atoms with van der Waals surface area (Å²) in [5.74, 6) is -0.324. The molecule has 4 nitrogen and oxygen atoms in total. The summed E-state index contributed by atoms with van der Waals surface area (Å²) in [4.78, 5) is 10.8. The van der Waals surface area contributed by atoms with Gasteiger partial charge in [0.25, 0.3) is 0 Å². The second-order valence-electron chi connectivity index (χ2n) is 5.02. The number of hydrogen-bond acceptors (Lipinski definition) is 3. The van der Waals surface area contributed by atoms with Crippen LogP contribution in [-0.2, 0) is 11.2 Å². The van der Waals surface area contributed by atoms with Crippen molar-refractivity contribution < 1.29 is 9.90 Å². The average molecular weight is 250 g/mol. The van der Waals surface area contributed by atoms with Gasteiger partial charge >= 0.3 is 0 Å². The lowest BCUT2D eigenvalue weighted by molar-refractivity contribution is -0.117. The van der Waals surface area contributed by atoms with Gasteiger partial charge in [0.1, 0.15) is 0 Å². The maximum absolute atomic E-state index is 10.8. The first-order chi connectivity index (χ1) is 8.49. The molecule has 0 saturated carbocycles. The summed E-state index contributed by atoms with van der Waals surface area (Å²) >= 11 is 0. The van der Waals surface area contributed by atoms with E-state index in [2.05, 4.69) is 12.2 Å². The molecule has 4 N–H and O–H groups in total. The average Bonchev–Trinajstić information content (AvgIpc) is 2.37. The molecule has 1 amide bonds. The number of anilines is 1. The molecule has 1 aromatic rings. The van der Waals surface area contributed by atoms with Crippen molar-refractivity contribution in [2.75, 3.05) is 18.5 Å². The van der Waals surface area contributed by atoms with E-state index in [0.29, 0.717) is 0 Å². The zero-order valence-electron chi connectivity index (χ0n) is 11.1. The highest BCUT2D eigenvalue weighted by Crippen LogP contribution is 2.21. The number of nitrogens with two attached hydrogens (primary N) is 1. The summed E-state index contributed by atoms with van der Waals surface area (Å²) in [6, 6.07) is 7.61. The molecule has 4 heteroatoms. The van der Waals surface area contributed by atoms with Crippen LogP contribution < -0.4 is 11.1 Å². The molecule has 1 rings (SSSR count). The van der Waals surface area contributed by atoms with Crippen molar-refractivity contribution in [1.29, 1.82) is 0 Å². The van der Waals surface area contributed by atoms with Crippen LogP contribution in [0.25, 0.3) is 0 Å². The molecule has 0 fully saturated rings. The molecule has 0 radical (unpaired) electrons. The number of nitrogens with one attached hydrogen (secondary N) is 1. The van der Waals surface area contributed by atoms with Gasteiger partial charge in [-0.1, -0.05) is 26.0 Å². The van der Waals surface area contributed by atoms with Crippen molar-refractivity contribution in [2.45, 2.75) is 26.7 Å². The molecule has 0 aliphatic rings. The molecule has 0 saturated heterocycles. The van der Waals surface area contributed by atoms with Gasteiger partial charge < -0.3 is 16.2 Å². The smallest absolute Gasteiger partial charge is 0.221 e. The second kappa shape index (κ2) is 6.40. The van der Waals surface area contributed by atoms with E-state index in [1.807, 2.05) is 31.2 Å². The fourth-order valence-electron chi connectivity index (χ4n) is 1.55. The topological polar surface area (TPSA) is 75.3 Å². The molecule has 0 aromatic heterocycles. The third-order valence-electron chi connectivity index (χ3n) is 3.29. The molecular weight excluding hydrogens is 228 g/mol. The van der Waals surface area contributed by atoms with Crippen molar-refractivity contribution >= 4 is 11.6 Å². The Kier molecular flexibility index (Phi) is 5.16. The third-order valence-corrected chi connectivity index (χ3v) is 3.29. The first-order valence-corrected chi connectivity index (χ1v) is 6.21. The molecule has 0 aliphatic heterocycles. The number of amides is 1. The van der Waals surface area contributed by atoms with Gasteiger partial charge in [-0.15, -0.1) is 0 Å². The van der Waals surface area contributed by atoms with Crippen LogP contribution in [0, 0.1) is 5.41 Å². The standard InChI is InChI=1S/C14H22N2O2/c1-3-14(2,10-17)9-16-12-6-4-11(5-7-12)8-13(15)18/h4-7,16-17H,3,8-10H2,1-2H3,(H2,15,18). The molecule has 0 spiro atoms. The Balaban J connectivity index is 2.56. The van der Waals surface area contributed by atoms with Crippen LogP contribution in [-0.4, -0.2) is 24.2 Å². The zero-order chi connectivity index (χ0) is 13.6. The lowest BCUT2D eigenvalue weighted by Crippen LogP contribution is -2.29. The predicted octanol–water partition coefficient (Wildman–Crippen LogP) is 1.53. The summed E-state index contributed by atoms with van der Waals surface area (Å²) in [6.45, 7) is 4.99. The lowest BCUT2D eigenvalue weighted by Gasteiger charge is -2.26. The van der Waals surface area contributed by atoms with Crippen molar-refractivity contribution in [3.05, 3.63) is 29.8 Å². The van der Waals surface area contributed by atoms with Crippen LogP contribution in [0.3, 0.4) is 0 Å². The number of primary amides is 1. The first kappa shape index (κ1) is 14.5. The molecule has 1 atom stereocenters. The van der Waals surface area contributed by atoms with Crippen LogP contribution in [0.4, 0.5) is 5.69 Å². The van der Waals surface area contributed by atoms with Crippen LogP contribution in [0.1, 0.15) is 25.8 Å². The predicted molar refractivity (Wildman–Crippen MR) is 73.3 cm³/mol. The number of benzene rings is 1. The molecule has 0 heterocycles. The SMILES string of the molecule is CCC(C)(CO)CNc1ccc(CC(N)=O)cc1. The largest absolute Gasteiger partial charge is 0.396 e. The Labute approximate surface area is 108 Å². The summed E-state index contributed by atoms with van der Waals surface area (Å²) in [6.07, 6.45) is 1.18. The maximum Gasteiger partial charge on any atom is 0.221 e. The number of aliphatic hydroxyl groups is 1. The summed E-state index contributed by atoms with van der Waals surface area (Å²) in [5.41, 5.74) is 6.92. The number of aliphatic hydroxyl groups excluding tert-OH is 1. The van der Waals surface area contributed by atoms with Gasteiger partial charge in [0.05, 0.1) is 13.0 Å². The molecule has 0 bridgehead atoms. The highest BCUT2D eigenvalue weighted by Gasteiger charge is 2.20. The van der Waals surface area contributed by atoms with Crippen LogP contribution in [0.5, 0.6) is 0 Å². The Bertz CT molecular complexity index is 383. The maximum atomic E-state index is 10.8. The Morgan fingerprint density at radius 1 is 1.39 bits per heavy atom. The number of carbonyl (C=O) groups is 1. The van der Waals surface area contributed by atoms with Gasteiger partial charge in [-0.3, -0.25) is 4.79 Å². The van der Waals surface area contributed by atoms with E-state index in [9.17, 15) is 9.90 Å². The van der Waals surface area contributed by atoms with E-state index in [-0.39, 0.29) is 24.3 Å². The fraction of sp³-hybridized carbons (Fsp3) is 0.500. The highest BCUT2D eigenvalue weighted by molar-refractivity contribution is 5.76. The van der Waals surface area contributed by atoms with Gasteiger partial charge in [0, 0.05) is 17.6 Å². The van der Waals surface area contributed by atoms with Crippen LogP contribution in [0.2, 0.25) is 0 Å². The zero-order valence-corrected chi connectivity index (χ0v) is 11.1. The minimum Gasteiger partial charge on any atom is -0.396 e. The summed E-state index contributed by atoms with van der Waals surface area (Å²) in [7, 11) is 0. The molecule has 100 valence electrons. The van der Waals surface area contributed by atoms with Crippen molar-refractivity contribution in [3.8, 4) is 0 Å². The molecule has 0 aliphatic carbocycles. The molecular formula is C14H22N2O2. The van der Waals surface area contributed by atoms with E-state index in [4.69, 9.17) is 5.73 Å². The van der Waals surface area contributed by atoms with Crippen molar-refractivity contribution in [1.82, 2.24) is 0 Å². The Hall–Kier alpha value is -1.55. The second-order valence-corrected chi connectivity index (χ2v) is 5.02. The number of rotatable bonds is 7. The van der Waals surface area contributed by atoms with Gasteiger partial charge in [0.15, 0.2) is 0 Å². The normalized spacial score (nSPS) is 13.9. The van der Waals surface area contributed by atoms with Gasteiger partial charge in [-0.05, 0) is 24.1 Å². The van der Waals surface area contributed by atoms with Crippen molar-refractivity contribution in [3.63, 3.8) is 0 Å². The molecule has 1 unspecified atom stereocenters. The summed E-state index contributed by atoms with van der Waals surface area (Å²) in [5, 5.41) is 12.6. The van der Waals surface area contributed by atoms with Crippen LogP contribution >= 0.6 is 0 Å². The van der Waals surface area contributed by atoms with E-state index in [1.165, 1.54) is 0 Å².